The Morgan fingerprint density at radius 2 is 2.00 bits per heavy atom. The van der Waals surface area contributed by atoms with Gasteiger partial charge in [0.1, 0.15) is 0 Å². The van der Waals surface area contributed by atoms with Gasteiger partial charge in [-0.2, -0.15) is 0 Å². The van der Waals surface area contributed by atoms with Crippen molar-refractivity contribution in [2.45, 2.75) is 56.6 Å². The van der Waals surface area contributed by atoms with Crippen LogP contribution in [0.1, 0.15) is 40.0 Å². The highest BCUT2D eigenvalue weighted by atomic mass is 32.2. The third-order valence-electron chi connectivity index (χ3n) is 3.34. The number of hydrogen-bond donors (Lipinski definition) is 1. The normalized spacial score (nSPS) is 23.9. The SMILES string of the molecule is CCNC(CC)C(C)S(=O)C1CCOCC1. The van der Waals surface area contributed by atoms with Crippen molar-refractivity contribution in [2.75, 3.05) is 19.8 Å². The van der Waals surface area contributed by atoms with Crippen LogP contribution in [0.3, 0.4) is 0 Å². The van der Waals surface area contributed by atoms with E-state index < -0.39 is 10.8 Å². The number of nitrogens with one attached hydrogen (secondary N) is 1. The second-order valence-electron chi connectivity index (χ2n) is 4.42. The summed E-state index contributed by atoms with van der Waals surface area (Å²) in [5, 5.41) is 4.02. The molecule has 0 amide bonds. The van der Waals surface area contributed by atoms with E-state index in [1.54, 1.807) is 0 Å². The number of ether oxygens (including phenoxy) is 1. The van der Waals surface area contributed by atoms with Gasteiger partial charge >= 0.3 is 0 Å². The fourth-order valence-corrected chi connectivity index (χ4v) is 4.15. The highest BCUT2D eigenvalue weighted by molar-refractivity contribution is 7.86. The minimum atomic E-state index is -0.725. The average Bonchev–Trinajstić information content (AvgIpc) is 2.35. The first kappa shape index (κ1) is 14.1. The predicted octanol–water partition coefficient (Wildman–Crippen LogP) is 1.69. The molecular weight excluding hydrogens is 222 g/mol. The van der Waals surface area contributed by atoms with Crippen molar-refractivity contribution in [3.63, 3.8) is 0 Å². The molecule has 96 valence electrons. The molecule has 0 spiro atoms. The lowest BCUT2D eigenvalue weighted by molar-refractivity contribution is 0.0990. The molecule has 0 aromatic heterocycles. The van der Waals surface area contributed by atoms with Crippen LogP contribution in [0.4, 0.5) is 0 Å². The highest BCUT2D eigenvalue weighted by Gasteiger charge is 2.28. The molecule has 0 aliphatic carbocycles. The fourth-order valence-electron chi connectivity index (χ4n) is 2.28. The van der Waals surface area contributed by atoms with E-state index >= 15 is 0 Å². The van der Waals surface area contributed by atoms with Crippen LogP contribution in [0.25, 0.3) is 0 Å². The Labute approximate surface area is 102 Å². The van der Waals surface area contributed by atoms with Crippen molar-refractivity contribution in [1.82, 2.24) is 5.32 Å². The first-order valence-corrected chi connectivity index (χ1v) is 7.68. The zero-order valence-electron chi connectivity index (χ0n) is 10.7. The Morgan fingerprint density at radius 3 is 2.50 bits per heavy atom. The fraction of sp³-hybridized carbons (Fsp3) is 1.00. The molecule has 1 N–H and O–H groups in total. The third kappa shape index (κ3) is 3.82. The summed E-state index contributed by atoms with van der Waals surface area (Å²) in [4.78, 5) is 0. The van der Waals surface area contributed by atoms with Gasteiger partial charge < -0.3 is 10.1 Å². The monoisotopic (exact) mass is 247 g/mol. The maximum absolute atomic E-state index is 12.4. The summed E-state index contributed by atoms with van der Waals surface area (Å²) in [5.74, 6) is 0. The molecular formula is C12H25NO2S. The molecule has 0 radical (unpaired) electrons. The van der Waals surface area contributed by atoms with E-state index in [-0.39, 0.29) is 5.25 Å². The molecule has 3 atom stereocenters. The molecule has 3 unspecified atom stereocenters. The molecule has 0 aromatic rings. The van der Waals surface area contributed by atoms with Crippen LogP contribution in [-0.4, -0.2) is 40.5 Å². The molecule has 0 aromatic carbocycles. The molecule has 4 heteroatoms. The molecule has 3 nitrogen and oxygen atoms in total. The van der Waals surface area contributed by atoms with Gasteiger partial charge in [0.25, 0.3) is 0 Å². The van der Waals surface area contributed by atoms with E-state index in [9.17, 15) is 4.21 Å². The van der Waals surface area contributed by atoms with Gasteiger partial charge in [-0.25, -0.2) is 0 Å². The summed E-state index contributed by atoms with van der Waals surface area (Å²) < 4.78 is 17.7. The van der Waals surface area contributed by atoms with Crippen molar-refractivity contribution in [3.05, 3.63) is 0 Å². The first-order chi connectivity index (χ1) is 7.70. The molecule has 0 bridgehead atoms. The zero-order valence-corrected chi connectivity index (χ0v) is 11.5. The summed E-state index contributed by atoms with van der Waals surface area (Å²) in [5.41, 5.74) is 0. The lowest BCUT2D eigenvalue weighted by Gasteiger charge is -2.29. The lowest BCUT2D eigenvalue weighted by atomic mass is 10.1. The summed E-state index contributed by atoms with van der Waals surface area (Å²) in [6, 6.07) is 0.383. The largest absolute Gasteiger partial charge is 0.381 e. The minimum Gasteiger partial charge on any atom is -0.381 e. The summed E-state index contributed by atoms with van der Waals surface area (Å²) in [6.45, 7) is 8.89. The topological polar surface area (TPSA) is 38.3 Å². The minimum absolute atomic E-state index is 0.244. The maximum Gasteiger partial charge on any atom is 0.0477 e. The van der Waals surface area contributed by atoms with Crippen LogP contribution >= 0.6 is 0 Å². The van der Waals surface area contributed by atoms with Gasteiger partial charge in [-0.05, 0) is 32.7 Å². The van der Waals surface area contributed by atoms with E-state index in [4.69, 9.17) is 4.74 Å². The Kier molecular flexibility index (Phi) is 6.54. The van der Waals surface area contributed by atoms with Crippen molar-refractivity contribution in [1.29, 1.82) is 0 Å². The molecule has 1 rings (SSSR count). The Hall–Kier alpha value is 0.0700. The van der Waals surface area contributed by atoms with Gasteiger partial charge in [0.2, 0.25) is 0 Å². The number of rotatable bonds is 6. The third-order valence-corrected chi connectivity index (χ3v) is 5.53. The van der Waals surface area contributed by atoms with Crippen molar-refractivity contribution >= 4 is 10.8 Å². The average molecular weight is 247 g/mol. The van der Waals surface area contributed by atoms with Crippen molar-refractivity contribution in [3.8, 4) is 0 Å². The molecule has 1 aliphatic rings. The van der Waals surface area contributed by atoms with E-state index in [1.165, 1.54) is 0 Å². The molecule has 1 saturated heterocycles. The predicted molar refractivity (Wildman–Crippen MR) is 69.2 cm³/mol. The Morgan fingerprint density at radius 1 is 1.38 bits per heavy atom. The van der Waals surface area contributed by atoms with Gasteiger partial charge in [0.05, 0.1) is 0 Å². The summed E-state index contributed by atoms with van der Waals surface area (Å²) in [7, 11) is -0.725. The van der Waals surface area contributed by atoms with Crippen LogP contribution in [0.5, 0.6) is 0 Å². The van der Waals surface area contributed by atoms with Crippen LogP contribution in [0.2, 0.25) is 0 Å². The number of hydrogen-bond acceptors (Lipinski definition) is 3. The molecule has 1 fully saturated rings. The van der Waals surface area contributed by atoms with E-state index in [2.05, 4.69) is 26.1 Å². The molecule has 1 heterocycles. The molecule has 0 saturated carbocycles. The van der Waals surface area contributed by atoms with Crippen LogP contribution in [0, 0.1) is 0 Å². The Bertz CT molecular complexity index is 217. The second-order valence-corrected chi connectivity index (χ2v) is 6.49. The van der Waals surface area contributed by atoms with Crippen LogP contribution in [-0.2, 0) is 15.5 Å². The van der Waals surface area contributed by atoms with Crippen molar-refractivity contribution in [2.24, 2.45) is 0 Å². The van der Waals surface area contributed by atoms with E-state index in [1.807, 2.05) is 0 Å². The maximum atomic E-state index is 12.4. The van der Waals surface area contributed by atoms with E-state index in [0.29, 0.717) is 11.3 Å². The van der Waals surface area contributed by atoms with Gasteiger partial charge in [-0.3, -0.25) is 4.21 Å². The quantitative estimate of drug-likeness (QED) is 0.776. The molecule has 1 aliphatic heterocycles. The van der Waals surface area contributed by atoms with Gasteiger partial charge in [0.15, 0.2) is 0 Å². The van der Waals surface area contributed by atoms with Crippen molar-refractivity contribution < 1.29 is 8.95 Å². The van der Waals surface area contributed by atoms with Gasteiger partial charge in [-0.1, -0.05) is 13.8 Å². The summed E-state index contributed by atoms with van der Waals surface area (Å²) in [6.07, 6.45) is 2.96. The first-order valence-electron chi connectivity index (χ1n) is 6.41. The van der Waals surface area contributed by atoms with E-state index in [0.717, 1.165) is 39.0 Å². The second kappa shape index (κ2) is 7.41. The van der Waals surface area contributed by atoms with Crippen LogP contribution in [0.15, 0.2) is 0 Å². The highest BCUT2D eigenvalue weighted by Crippen LogP contribution is 2.19. The Balaban J connectivity index is 2.49. The smallest absolute Gasteiger partial charge is 0.0477 e. The van der Waals surface area contributed by atoms with Gasteiger partial charge in [-0.15, -0.1) is 0 Å². The van der Waals surface area contributed by atoms with Gasteiger partial charge in [0, 0.05) is 40.6 Å². The molecule has 16 heavy (non-hydrogen) atoms. The van der Waals surface area contributed by atoms with Crippen LogP contribution < -0.4 is 5.32 Å². The summed E-state index contributed by atoms with van der Waals surface area (Å²) >= 11 is 0. The standard InChI is InChI=1S/C12H25NO2S/c1-4-12(13-5-2)10(3)16(14)11-6-8-15-9-7-11/h10-13H,4-9H2,1-3H3. The lowest BCUT2D eigenvalue weighted by Crippen LogP contribution is -2.43. The zero-order chi connectivity index (χ0) is 12.0.